The Bertz CT molecular complexity index is 836. The molecule has 0 aromatic heterocycles. The van der Waals surface area contributed by atoms with E-state index in [4.69, 9.17) is 4.74 Å². The van der Waals surface area contributed by atoms with Crippen molar-refractivity contribution in [2.24, 2.45) is 0 Å². The first-order valence-corrected chi connectivity index (χ1v) is 9.50. The molecule has 2 aromatic rings. The van der Waals surface area contributed by atoms with E-state index >= 15 is 0 Å². The standard InChI is InChI=1S/C21H25F2N3O2/c1-15-3-5-18(12-19(15)23)24-21(27)14-26-9-7-25(8-10-26)13-16-11-17(22)4-6-20(16)28-2/h3-6,11-12H,7-10,13-14H2,1-2H3,(H,24,27)/p+2. The molecule has 7 heteroatoms. The second-order valence-corrected chi connectivity index (χ2v) is 7.32. The maximum absolute atomic E-state index is 13.6. The smallest absolute Gasteiger partial charge is 0.279 e. The highest BCUT2D eigenvalue weighted by Crippen LogP contribution is 2.18. The van der Waals surface area contributed by atoms with Gasteiger partial charge in [0.05, 0.1) is 12.7 Å². The minimum Gasteiger partial charge on any atom is -0.496 e. The van der Waals surface area contributed by atoms with Gasteiger partial charge < -0.3 is 19.9 Å². The van der Waals surface area contributed by atoms with E-state index in [1.807, 2.05) is 0 Å². The largest absolute Gasteiger partial charge is 0.496 e. The van der Waals surface area contributed by atoms with E-state index in [1.165, 1.54) is 28.0 Å². The summed E-state index contributed by atoms with van der Waals surface area (Å²) in [5, 5.41) is 2.76. The SMILES string of the molecule is COc1ccc(F)cc1C[NH+]1CC[NH+](CC(=O)Nc2ccc(C)c(F)c2)CC1. The number of benzene rings is 2. The Morgan fingerprint density at radius 3 is 2.46 bits per heavy atom. The number of rotatable bonds is 6. The van der Waals surface area contributed by atoms with Crippen LogP contribution in [0.5, 0.6) is 5.75 Å². The lowest BCUT2D eigenvalue weighted by atomic mass is 10.1. The molecule has 1 aliphatic heterocycles. The van der Waals surface area contributed by atoms with Crippen molar-refractivity contribution >= 4 is 11.6 Å². The second-order valence-electron chi connectivity index (χ2n) is 7.32. The van der Waals surface area contributed by atoms with Gasteiger partial charge in [-0.1, -0.05) is 6.07 Å². The number of carbonyl (C=O) groups is 1. The third-order valence-corrected chi connectivity index (χ3v) is 5.21. The zero-order valence-electron chi connectivity index (χ0n) is 16.3. The van der Waals surface area contributed by atoms with Gasteiger partial charge in [0.2, 0.25) is 0 Å². The van der Waals surface area contributed by atoms with Gasteiger partial charge in [-0.25, -0.2) is 8.78 Å². The summed E-state index contributed by atoms with van der Waals surface area (Å²) in [7, 11) is 1.59. The zero-order valence-corrected chi connectivity index (χ0v) is 16.3. The van der Waals surface area contributed by atoms with Gasteiger partial charge in [-0.15, -0.1) is 0 Å². The maximum atomic E-state index is 13.6. The Hall–Kier alpha value is -2.51. The van der Waals surface area contributed by atoms with Gasteiger partial charge in [0.1, 0.15) is 50.1 Å². The molecular weight excluding hydrogens is 364 g/mol. The van der Waals surface area contributed by atoms with Crippen molar-refractivity contribution in [1.29, 1.82) is 0 Å². The molecule has 0 bridgehead atoms. The summed E-state index contributed by atoms with van der Waals surface area (Å²) < 4.78 is 32.5. The van der Waals surface area contributed by atoms with Gasteiger partial charge in [-0.2, -0.15) is 0 Å². The van der Waals surface area contributed by atoms with E-state index in [2.05, 4.69) is 5.32 Å². The number of ether oxygens (including phenoxy) is 1. The van der Waals surface area contributed by atoms with Gasteiger partial charge in [0, 0.05) is 5.69 Å². The van der Waals surface area contributed by atoms with Crippen molar-refractivity contribution < 1.29 is 28.1 Å². The Morgan fingerprint density at radius 2 is 1.79 bits per heavy atom. The predicted octanol–water partition coefficient (Wildman–Crippen LogP) is 0.204. The molecule has 0 saturated carbocycles. The van der Waals surface area contributed by atoms with Gasteiger partial charge in [-0.3, -0.25) is 4.79 Å². The van der Waals surface area contributed by atoms with Crippen LogP contribution >= 0.6 is 0 Å². The molecule has 3 rings (SSSR count). The third-order valence-electron chi connectivity index (χ3n) is 5.21. The molecule has 3 N–H and O–H groups in total. The number of carbonyl (C=O) groups excluding carboxylic acids is 1. The number of hydrogen-bond donors (Lipinski definition) is 3. The highest BCUT2D eigenvalue weighted by molar-refractivity contribution is 5.91. The number of quaternary nitrogens is 2. The summed E-state index contributed by atoms with van der Waals surface area (Å²) in [4.78, 5) is 14.8. The molecule has 5 nitrogen and oxygen atoms in total. The number of aryl methyl sites for hydroxylation is 1. The molecule has 2 aromatic carbocycles. The fourth-order valence-corrected chi connectivity index (χ4v) is 3.57. The van der Waals surface area contributed by atoms with Crippen LogP contribution in [0.4, 0.5) is 14.5 Å². The van der Waals surface area contributed by atoms with Crippen LogP contribution < -0.4 is 19.9 Å². The molecule has 0 spiro atoms. The van der Waals surface area contributed by atoms with Gasteiger partial charge in [0.15, 0.2) is 6.54 Å². The van der Waals surface area contributed by atoms with Crippen molar-refractivity contribution in [1.82, 2.24) is 0 Å². The fourth-order valence-electron chi connectivity index (χ4n) is 3.57. The van der Waals surface area contributed by atoms with Crippen LogP contribution in [-0.4, -0.2) is 45.7 Å². The third kappa shape index (κ3) is 5.27. The van der Waals surface area contributed by atoms with Crippen LogP contribution in [0, 0.1) is 18.6 Å². The number of halogens is 2. The first kappa shape index (κ1) is 20.2. The average Bonchev–Trinajstić information content (AvgIpc) is 2.66. The number of methoxy groups -OCH3 is 1. The number of piperazine rings is 1. The Balaban J connectivity index is 1.48. The number of amides is 1. The Labute approximate surface area is 163 Å². The van der Waals surface area contributed by atoms with Gasteiger partial charge >= 0.3 is 0 Å². The molecule has 0 atom stereocenters. The minimum atomic E-state index is -0.324. The van der Waals surface area contributed by atoms with Crippen LogP contribution in [0.3, 0.4) is 0 Å². The first-order valence-electron chi connectivity index (χ1n) is 9.50. The second kappa shape index (κ2) is 9.12. The predicted molar refractivity (Wildman–Crippen MR) is 103 cm³/mol. The quantitative estimate of drug-likeness (QED) is 0.659. The molecule has 1 heterocycles. The van der Waals surface area contributed by atoms with Crippen LogP contribution in [0.25, 0.3) is 0 Å². The van der Waals surface area contributed by atoms with E-state index in [0.717, 1.165) is 31.7 Å². The molecule has 1 amide bonds. The fraction of sp³-hybridized carbons (Fsp3) is 0.381. The van der Waals surface area contributed by atoms with Crippen LogP contribution in [0.2, 0.25) is 0 Å². The lowest BCUT2D eigenvalue weighted by Gasteiger charge is -2.29. The molecule has 150 valence electrons. The lowest BCUT2D eigenvalue weighted by Crippen LogP contribution is -3.28. The number of anilines is 1. The van der Waals surface area contributed by atoms with Crippen LogP contribution in [0.15, 0.2) is 36.4 Å². The maximum Gasteiger partial charge on any atom is 0.279 e. The van der Waals surface area contributed by atoms with Crippen molar-refractivity contribution in [2.45, 2.75) is 13.5 Å². The average molecular weight is 391 g/mol. The van der Waals surface area contributed by atoms with Crippen LogP contribution in [-0.2, 0) is 11.3 Å². The summed E-state index contributed by atoms with van der Waals surface area (Å²) in [6, 6.07) is 9.29. The van der Waals surface area contributed by atoms with Crippen molar-refractivity contribution in [3.63, 3.8) is 0 Å². The topological polar surface area (TPSA) is 47.2 Å². The Kier molecular flexibility index (Phi) is 6.59. The van der Waals surface area contributed by atoms with E-state index in [1.54, 1.807) is 32.2 Å². The van der Waals surface area contributed by atoms with Crippen molar-refractivity contribution in [2.75, 3.05) is 45.2 Å². The molecule has 0 radical (unpaired) electrons. The lowest BCUT2D eigenvalue weighted by molar-refractivity contribution is -1.02. The highest BCUT2D eigenvalue weighted by atomic mass is 19.1. The summed E-state index contributed by atoms with van der Waals surface area (Å²) in [6.45, 7) is 6.22. The van der Waals surface area contributed by atoms with E-state index < -0.39 is 0 Å². The monoisotopic (exact) mass is 391 g/mol. The van der Waals surface area contributed by atoms with Crippen LogP contribution in [0.1, 0.15) is 11.1 Å². The summed E-state index contributed by atoms with van der Waals surface area (Å²) >= 11 is 0. The number of nitrogens with one attached hydrogen (secondary N) is 3. The molecule has 0 unspecified atom stereocenters. The first-order chi connectivity index (χ1) is 13.4. The molecule has 1 aliphatic rings. The summed E-state index contributed by atoms with van der Waals surface area (Å²) in [5.41, 5.74) is 1.90. The van der Waals surface area contributed by atoms with Crippen molar-refractivity contribution in [3.8, 4) is 5.75 Å². The Morgan fingerprint density at radius 1 is 1.07 bits per heavy atom. The van der Waals surface area contributed by atoms with E-state index in [-0.39, 0.29) is 17.5 Å². The van der Waals surface area contributed by atoms with E-state index in [9.17, 15) is 13.6 Å². The zero-order chi connectivity index (χ0) is 20.1. The highest BCUT2D eigenvalue weighted by Gasteiger charge is 2.25. The van der Waals surface area contributed by atoms with Gasteiger partial charge in [-0.05, 0) is 42.8 Å². The van der Waals surface area contributed by atoms with Crippen molar-refractivity contribution in [3.05, 3.63) is 59.2 Å². The molecule has 1 fully saturated rings. The summed E-state index contributed by atoms with van der Waals surface area (Å²) in [5.74, 6) is 0.000648. The van der Waals surface area contributed by atoms with E-state index in [0.29, 0.717) is 30.1 Å². The minimum absolute atomic E-state index is 0.117. The van der Waals surface area contributed by atoms with Gasteiger partial charge in [0.25, 0.3) is 5.91 Å². The summed E-state index contributed by atoms with van der Waals surface area (Å²) in [6.07, 6.45) is 0. The molecular formula is C21H27F2N3O2+2. The molecule has 0 aliphatic carbocycles. The number of hydrogen-bond acceptors (Lipinski definition) is 2. The molecule has 1 saturated heterocycles. The molecule has 28 heavy (non-hydrogen) atoms. The normalized spacial score (nSPS) is 19.3.